The first kappa shape index (κ1) is 22.1. The molecule has 2 aromatic heterocycles. The molecule has 4 rings (SSSR count). The van der Waals surface area contributed by atoms with Gasteiger partial charge in [0, 0.05) is 11.3 Å². The van der Waals surface area contributed by atoms with Gasteiger partial charge in [-0.1, -0.05) is 0 Å². The smallest absolute Gasteiger partial charge is 0.416 e. The number of nitrogens with one attached hydrogen (secondary N) is 1. The van der Waals surface area contributed by atoms with Crippen molar-refractivity contribution in [2.75, 3.05) is 5.32 Å². The van der Waals surface area contributed by atoms with Gasteiger partial charge in [0.1, 0.15) is 0 Å². The third-order valence-corrected chi connectivity index (χ3v) is 4.51. The lowest BCUT2D eigenvalue weighted by molar-refractivity contribution is -0.137. The van der Waals surface area contributed by atoms with Crippen LogP contribution < -0.4 is 10.1 Å². The van der Waals surface area contributed by atoms with Crippen LogP contribution in [0.2, 0.25) is 0 Å². The Hall–Kier alpha value is -4.08. The molecule has 0 fully saturated rings. The van der Waals surface area contributed by atoms with E-state index in [0.717, 1.165) is 24.3 Å². The topological polar surface area (TPSA) is 82.2 Å². The number of carbonyl (C=O) groups excluding carboxylic acids is 1. The molecular weight excluding hydrogens is 437 g/mol. The summed E-state index contributed by atoms with van der Waals surface area (Å²) in [6.07, 6.45) is -3.05. The summed E-state index contributed by atoms with van der Waals surface area (Å²) in [6, 6.07) is 14.4. The highest BCUT2D eigenvalue weighted by Crippen LogP contribution is 2.29. The molecule has 0 aliphatic rings. The van der Waals surface area contributed by atoms with Gasteiger partial charge in [0.25, 0.3) is 5.91 Å². The van der Waals surface area contributed by atoms with Gasteiger partial charge < -0.3 is 14.5 Å². The van der Waals surface area contributed by atoms with Gasteiger partial charge in [-0.05, 0) is 74.5 Å². The minimum atomic E-state index is -4.46. The van der Waals surface area contributed by atoms with Crippen molar-refractivity contribution in [1.82, 2.24) is 14.8 Å². The van der Waals surface area contributed by atoms with E-state index in [4.69, 9.17) is 9.15 Å². The molecule has 0 bridgehead atoms. The van der Waals surface area contributed by atoms with Crippen LogP contribution in [0.15, 0.2) is 71.3 Å². The third kappa shape index (κ3) is 5.05. The summed E-state index contributed by atoms with van der Waals surface area (Å²) in [5.74, 6) is 0.416. The van der Waals surface area contributed by atoms with Crippen LogP contribution in [0.1, 0.15) is 29.8 Å². The van der Waals surface area contributed by atoms with Gasteiger partial charge in [-0.3, -0.25) is 4.79 Å². The Morgan fingerprint density at radius 2 is 1.76 bits per heavy atom. The Morgan fingerprint density at radius 1 is 1.06 bits per heavy atom. The van der Waals surface area contributed by atoms with Crippen molar-refractivity contribution < 1.29 is 27.1 Å². The van der Waals surface area contributed by atoms with E-state index >= 15 is 0 Å². The number of rotatable bonds is 6. The SMILES string of the molecule is CC(C)Oc1nc(-c2ccco2)n(-c2ccc(NC(=O)c3ccc(C(F)(F)F)cc3)cc2)n1. The van der Waals surface area contributed by atoms with Crippen molar-refractivity contribution in [3.05, 3.63) is 78.1 Å². The summed E-state index contributed by atoms with van der Waals surface area (Å²) in [7, 11) is 0. The maximum atomic E-state index is 12.7. The predicted molar refractivity (Wildman–Crippen MR) is 114 cm³/mol. The molecular formula is C23H19F3N4O3. The van der Waals surface area contributed by atoms with Gasteiger partial charge in [0.05, 0.1) is 23.6 Å². The molecule has 2 heterocycles. The van der Waals surface area contributed by atoms with E-state index in [2.05, 4.69) is 15.4 Å². The van der Waals surface area contributed by atoms with Crippen LogP contribution in [0, 0.1) is 0 Å². The number of ether oxygens (including phenoxy) is 1. The van der Waals surface area contributed by atoms with Gasteiger partial charge in [0.15, 0.2) is 5.76 Å². The maximum Gasteiger partial charge on any atom is 0.416 e. The fourth-order valence-corrected chi connectivity index (χ4v) is 3.00. The van der Waals surface area contributed by atoms with Crippen molar-refractivity contribution in [3.8, 4) is 23.3 Å². The van der Waals surface area contributed by atoms with E-state index in [0.29, 0.717) is 23.0 Å². The summed E-state index contributed by atoms with van der Waals surface area (Å²) < 4.78 is 50.7. The molecule has 0 spiro atoms. The lowest BCUT2D eigenvalue weighted by atomic mass is 10.1. The molecule has 1 amide bonds. The largest absolute Gasteiger partial charge is 0.461 e. The Labute approximate surface area is 186 Å². The molecule has 2 aromatic carbocycles. The van der Waals surface area contributed by atoms with Crippen LogP contribution >= 0.6 is 0 Å². The van der Waals surface area contributed by atoms with E-state index < -0.39 is 17.6 Å². The number of alkyl halides is 3. The van der Waals surface area contributed by atoms with E-state index in [1.54, 1.807) is 41.1 Å². The van der Waals surface area contributed by atoms with Crippen molar-refractivity contribution in [2.45, 2.75) is 26.1 Å². The van der Waals surface area contributed by atoms with Gasteiger partial charge in [0.2, 0.25) is 5.82 Å². The Kier molecular flexibility index (Phi) is 5.91. The first-order valence-corrected chi connectivity index (χ1v) is 9.97. The number of hydrogen-bond donors (Lipinski definition) is 1. The zero-order chi connectivity index (χ0) is 23.6. The lowest BCUT2D eigenvalue weighted by Crippen LogP contribution is -2.13. The number of hydrogen-bond acceptors (Lipinski definition) is 5. The second-order valence-electron chi connectivity index (χ2n) is 7.35. The van der Waals surface area contributed by atoms with Crippen molar-refractivity contribution >= 4 is 11.6 Å². The number of halogens is 3. The lowest BCUT2D eigenvalue weighted by Gasteiger charge is -2.09. The molecule has 10 heteroatoms. The fourth-order valence-electron chi connectivity index (χ4n) is 3.00. The Bertz CT molecular complexity index is 1230. The molecule has 0 saturated carbocycles. The van der Waals surface area contributed by atoms with Crippen molar-refractivity contribution in [1.29, 1.82) is 0 Å². The fraction of sp³-hybridized carbons (Fsp3) is 0.174. The average Bonchev–Trinajstić information content (AvgIpc) is 3.43. The maximum absolute atomic E-state index is 12.7. The van der Waals surface area contributed by atoms with Crippen LogP contribution in [-0.2, 0) is 6.18 Å². The minimum absolute atomic E-state index is 0.110. The zero-order valence-electron chi connectivity index (χ0n) is 17.6. The number of nitrogens with zero attached hydrogens (tertiary/aromatic N) is 3. The summed E-state index contributed by atoms with van der Waals surface area (Å²) in [5, 5.41) is 7.05. The first-order chi connectivity index (χ1) is 15.7. The van der Waals surface area contributed by atoms with Crippen LogP contribution in [-0.4, -0.2) is 26.8 Å². The van der Waals surface area contributed by atoms with E-state index in [9.17, 15) is 18.0 Å². The second kappa shape index (κ2) is 8.81. The van der Waals surface area contributed by atoms with E-state index in [1.807, 2.05) is 13.8 Å². The third-order valence-electron chi connectivity index (χ3n) is 4.51. The summed E-state index contributed by atoms with van der Waals surface area (Å²) in [5.41, 5.74) is 0.394. The van der Waals surface area contributed by atoms with Gasteiger partial charge in [-0.2, -0.15) is 18.2 Å². The van der Waals surface area contributed by atoms with Crippen LogP contribution in [0.5, 0.6) is 6.01 Å². The Morgan fingerprint density at radius 3 is 2.33 bits per heavy atom. The summed E-state index contributed by atoms with van der Waals surface area (Å²) in [4.78, 5) is 16.8. The average molecular weight is 456 g/mol. The molecule has 0 aliphatic heterocycles. The number of benzene rings is 2. The van der Waals surface area contributed by atoms with Crippen LogP contribution in [0.25, 0.3) is 17.3 Å². The zero-order valence-corrected chi connectivity index (χ0v) is 17.6. The molecule has 4 aromatic rings. The summed E-state index contributed by atoms with van der Waals surface area (Å²) >= 11 is 0. The normalized spacial score (nSPS) is 11.6. The monoisotopic (exact) mass is 456 g/mol. The highest BCUT2D eigenvalue weighted by atomic mass is 19.4. The molecule has 0 saturated heterocycles. The number of anilines is 1. The van der Waals surface area contributed by atoms with Gasteiger partial charge in [-0.15, -0.1) is 5.10 Å². The van der Waals surface area contributed by atoms with Crippen LogP contribution in [0.3, 0.4) is 0 Å². The Balaban J connectivity index is 1.54. The quantitative estimate of drug-likeness (QED) is 0.409. The minimum Gasteiger partial charge on any atom is -0.461 e. The molecule has 33 heavy (non-hydrogen) atoms. The molecule has 0 radical (unpaired) electrons. The van der Waals surface area contributed by atoms with Gasteiger partial charge in [-0.25, -0.2) is 4.68 Å². The van der Waals surface area contributed by atoms with Crippen molar-refractivity contribution in [3.63, 3.8) is 0 Å². The number of carbonyl (C=O) groups is 1. The molecule has 170 valence electrons. The molecule has 0 aliphatic carbocycles. The number of furan rings is 1. The van der Waals surface area contributed by atoms with Crippen molar-refractivity contribution in [2.24, 2.45) is 0 Å². The molecule has 7 nitrogen and oxygen atoms in total. The van der Waals surface area contributed by atoms with Crippen LogP contribution in [0.4, 0.5) is 18.9 Å². The first-order valence-electron chi connectivity index (χ1n) is 9.97. The van der Waals surface area contributed by atoms with E-state index in [-0.39, 0.29) is 17.7 Å². The van der Waals surface area contributed by atoms with E-state index in [1.165, 1.54) is 6.26 Å². The number of amides is 1. The van der Waals surface area contributed by atoms with Gasteiger partial charge >= 0.3 is 12.2 Å². The highest BCUT2D eigenvalue weighted by molar-refractivity contribution is 6.04. The highest BCUT2D eigenvalue weighted by Gasteiger charge is 2.30. The molecule has 0 unspecified atom stereocenters. The standard InChI is InChI=1S/C23H19F3N4O3/c1-14(2)33-22-28-20(19-4-3-13-32-19)30(29-22)18-11-9-17(10-12-18)27-21(31)15-5-7-16(8-6-15)23(24,25)26/h3-14H,1-2H3,(H,27,31). The predicted octanol–water partition coefficient (Wildman–Crippen LogP) is 5.59. The molecule has 1 N–H and O–H groups in total. The second-order valence-corrected chi connectivity index (χ2v) is 7.35. The summed E-state index contributed by atoms with van der Waals surface area (Å²) in [6.45, 7) is 3.73. The molecule has 0 atom stereocenters. The number of aromatic nitrogens is 3.